The topological polar surface area (TPSA) is 52.6 Å². The SMILES string of the molecule is Cc1ccccc1C(=O)Oc1ccc2c(c1C)O/C(=C\c1sccc1C)C2=O. The monoisotopic (exact) mass is 390 g/mol. The standard InChI is InChI=1S/C23H18O4S/c1-13-6-4-5-7-16(13)23(25)27-18-9-8-17-21(24)19(26-22(17)15(18)3)12-20-14(2)10-11-28-20/h4-12H,1-3H3/b19-12-. The number of ketones is 1. The first kappa shape index (κ1) is 18.2. The number of carbonyl (C=O) groups excluding carboxylic acids is 2. The molecule has 0 amide bonds. The fraction of sp³-hybridized carbons (Fsp3) is 0.130. The molecule has 2 aromatic carbocycles. The van der Waals surface area contributed by atoms with Gasteiger partial charge < -0.3 is 9.47 Å². The second-order valence-corrected chi connectivity index (χ2v) is 7.63. The molecule has 28 heavy (non-hydrogen) atoms. The van der Waals surface area contributed by atoms with E-state index >= 15 is 0 Å². The van der Waals surface area contributed by atoms with Gasteiger partial charge in [-0.1, -0.05) is 18.2 Å². The number of hydrogen-bond acceptors (Lipinski definition) is 5. The van der Waals surface area contributed by atoms with E-state index < -0.39 is 5.97 Å². The van der Waals surface area contributed by atoms with Crippen LogP contribution in [0, 0.1) is 20.8 Å². The van der Waals surface area contributed by atoms with Crippen molar-refractivity contribution in [1.29, 1.82) is 0 Å². The summed E-state index contributed by atoms with van der Waals surface area (Å²) in [5.41, 5.74) is 3.55. The summed E-state index contributed by atoms with van der Waals surface area (Å²) in [6, 6.07) is 12.5. The molecule has 2 heterocycles. The molecule has 0 N–H and O–H groups in total. The Kier molecular flexibility index (Phi) is 4.61. The summed E-state index contributed by atoms with van der Waals surface area (Å²) in [4.78, 5) is 26.2. The molecule has 1 aliphatic rings. The van der Waals surface area contributed by atoms with E-state index in [1.54, 1.807) is 48.6 Å². The first-order chi connectivity index (χ1) is 13.5. The molecule has 3 aromatic rings. The summed E-state index contributed by atoms with van der Waals surface area (Å²) in [6.45, 7) is 5.63. The van der Waals surface area contributed by atoms with Gasteiger partial charge >= 0.3 is 5.97 Å². The normalized spacial score (nSPS) is 14.1. The van der Waals surface area contributed by atoms with Crippen LogP contribution in [0.3, 0.4) is 0 Å². The lowest BCUT2D eigenvalue weighted by atomic mass is 10.1. The summed E-state index contributed by atoms with van der Waals surface area (Å²) in [5, 5.41) is 1.97. The van der Waals surface area contributed by atoms with Crippen molar-refractivity contribution in [3.63, 3.8) is 0 Å². The van der Waals surface area contributed by atoms with Crippen molar-refractivity contribution in [2.75, 3.05) is 0 Å². The number of allylic oxidation sites excluding steroid dienone is 1. The Hall–Kier alpha value is -3.18. The van der Waals surface area contributed by atoms with Crippen molar-refractivity contribution < 1.29 is 19.1 Å². The maximum atomic E-state index is 12.7. The highest BCUT2D eigenvalue weighted by molar-refractivity contribution is 7.11. The quantitative estimate of drug-likeness (QED) is 0.336. The van der Waals surface area contributed by atoms with Crippen LogP contribution in [0.4, 0.5) is 0 Å². The molecule has 4 nitrogen and oxygen atoms in total. The van der Waals surface area contributed by atoms with Gasteiger partial charge in [-0.05, 0) is 61.5 Å². The van der Waals surface area contributed by atoms with E-state index in [0.29, 0.717) is 28.2 Å². The van der Waals surface area contributed by atoms with Gasteiger partial charge in [-0.15, -0.1) is 11.3 Å². The maximum absolute atomic E-state index is 12.7. The average molecular weight is 390 g/mol. The highest BCUT2D eigenvalue weighted by atomic mass is 32.1. The molecule has 1 aliphatic heterocycles. The van der Waals surface area contributed by atoms with Gasteiger partial charge in [-0.2, -0.15) is 0 Å². The zero-order chi connectivity index (χ0) is 19.8. The van der Waals surface area contributed by atoms with Crippen LogP contribution in [0.25, 0.3) is 6.08 Å². The number of benzene rings is 2. The zero-order valence-electron chi connectivity index (χ0n) is 15.7. The molecule has 0 radical (unpaired) electrons. The lowest BCUT2D eigenvalue weighted by molar-refractivity contribution is 0.0732. The average Bonchev–Trinajstić information content (AvgIpc) is 3.22. The summed E-state index contributed by atoms with van der Waals surface area (Å²) in [5.74, 6) is 0.512. The van der Waals surface area contributed by atoms with Crippen molar-refractivity contribution in [2.45, 2.75) is 20.8 Å². The largest absolute Gasteiger partial charge is 0.452 e. The molecule has 1 aromatic heterocycles. The summed E-state index contributed by atoms with van der Waals surface area (Å²) in [6.07, 6.45) is 1.76. The molecular weight excluding hydrogens is 372 g/mol. The molecule has 0 saturated heterocycles. The molecule has 0 spiro atoms. The van der Waals surface area contributed by atoms with E-state index in [2.05, 4.69) is 0 Å². The van der Waals surface area contributed by atoms with Crippen LogP contribution < -0.4 is 9.47 Å². The summed E-state index contributed by atoms with van der Waals surface area (Å²) in [7, 11) is 0. The summed E-state index contributed by atoms with van der Waals surface area (Å²) < 4.78 is 11.4. The van der Waals surface area contributed by atoms with Crippen LogP contribution in [0.15, 0.2) is 53.6 Å². The second-order valence-electron chi connectivity index (χ2n) is 6.68. The van der Waals surface area contributed by atoms with Gasteiger partial charge in [-0.3, -0.25) is 4.79 Å². The van der Waals surface area contributed by atoms with Crippen molar-refractivity contribution in [2.24, 2.45) is 0 Å². The van der Waals surface area contributed by atoms with Crippen LogP contribution in [0.1, 0.15) is 42.3 Å². The molecule has 0 aliphatic carbocycles. The van der Waals surface area contributed by atoms with Crippen molar-refractivity contribution >= 4 is 29.2 Å². The Morgan fingerprint density at radius 1 is 1.04 bits per heavy atom. The van der Waals surface area contributed by atoms with E-state index in [-0.39, 0.29) is 11.5 Å². The molecule has 0 saturated carbocycles. The van der Waals surface area contributed by atoms with E-state index in [1.807, 2.05) is 37.4 Å². The van der Waals surface area contributed by atoms with Gasteiger partial charge in [0.15, 0.2) is 5.76 Å². The second kappa shape index (κ2) is 7.09. The first-order valence-corrected chi connectivity index (χ1v) is 9.73. The molecular formula is C23H18O4S. The smallest absolute Gasteiger partial charge is 0.343 e. The third kappa shape index (κ3) is 3.14. The van der Waals surface area contributed by atoms with Gasteiger partial charge in [0.05, 0.1) is 11.1 Å². The highest BCUT2D eigenvalue weighted by Crippen LogP contribution is 2.40. The van der Waals surface area contributed by atoms with Gasteiger partial charge in [-0.25, -0.2) is 4.79 Å². The lowest BCUT2D eigenvalue weighted by Crippen LogP contribution is -2.11. The maximum Gasteiger partial charge on any atom is 0.343 e. The number of carbonyl (C=O) groups is 2. The Bertz CT molecular complexity index is 1140. The van der Waals surface area contributed by atoms with Crippen LogP contribution in [-0.2, 0) is 0 Å². The molecule has 0 unspecified atom stereocenters. The number of rotatable bonds is 3. The van der Waals surface area contributed by atoms with Gasteiger partial charge in [0, 0.05) is 16.5 Å². The lowest BCUT2D eigenvalue weighted by Gasteiger charge is -2.11. The predicted octanol–water partition coefficient (Wildman–Crippen LogP) is 5.51. The Morgan fingerprint density at radius 3 is 2.54 bits per heavy atom. The Balaban J connectivity index is 1.64. The van der Waals surface area contributed by atoms with Crippen molar-refractivity contribution in [1.82, 2.24) is 0 Å². The van der Waals surface area contributed by atoms with Gasteiger partial charge in [0.25, 0.3) is 0 Å². The third-order valence-electron chi connectivity index (χ3n) is 4.77. The molecule has 140 valence electrons. The fourth-order valence-corrected chi connectivity index (χ4v) is 3.93. The minimum absolute atomic E-state index is 0.164. The van der Waals surface area contributed by atoms with E-state index in [4.69, 9.17) is 9.47 Å². The highest BCUT2D eigenvalue weighted by Gasteiger charge is 2.31. The van der Waals surface area contributed by atoms with Crippen molar-refractivity contribution in [3.05, 3.63) is 86.3 Å². The molecule has 0 atom stereocenters. The number of Topliss-reactive ketones (excluding diaryl/α,β-unsaturated/α-hetero) is 1. The molecule has 4 rings (SSSR count). The van der Waals surface area contributed by atoms with E-state index in [1.165, 1.54) is 0 Å². The van der Waals surface area contributed by atoms with Crippen LogP contribution in [-0.4, -0.2) is 11.8 Å². The molecule has 0 fully saturated rings. The number of fused-ring (bicyclic) bond motifs is 1. The van der Waals surface area contributed by atoms with E-state index in [9.17, 15) is 9.59 Å². The molecule has 0 bridgehead atoms. The van der Waals surface area contributed by atoms with Gasteiger partial charge in [0.2, 0.25) is 5.78 Å². The zero-order valence-corrected chi connectivity index (χ0v) is 16.6. The number of ether oxygens (including phenoxy) is 2. The van der Waals surface area contributed by atoms with Crippen LogP contribution in [0.2, 0.25) is 0 Å². The Morgan fingerprint density at radius 2 is 1.82 bits per heavy atom. The third-order valence-corrected chi connectivity index (χ3v) is 5.73. The van der Waals surface area contributed by atoms with Crippen molar-refractivity contribution in [3.8, 4) is 11.5 Å². The number of thiophene rings is 1. The molecule has 5 heteroatoms. The number of esters is 1. The minimum Gasteiger partial charge on any atom is -0.452 e. The van der Waals surface area contributed by atoms with Crippen LogP contribution in [0.5, 0.6) is 11.5 Å². The number of hydrogen-bond donors (Lipinski definition) is 0. The van der Waals surface area contributed by atoms with Crippen LogP contribution >= 0.6 is 11.3 Å². The Labute approximate surface area is 167 Å². The number of aryl methyl sites for hydroxylation is 2. The van der Waals surface area contributed by atoms with Gasteiger partial charge in [0.1, 0.15) is 11.5 Å². The first-order valence-electron chi connectivity index (χ1n) is 8.85. The minimum atomic E-state index is -0.435. The fourth-order valence-electron chi connectivity index (χ4n) is 3.09. The summed E-state index contributed by atoms with van der Waals surface area (Å²) >= 11 is 1.55. The predicted molar refractivity (Wildman–Crippen MR) is 109 cm³/mol. The van der Waals surface area contributed by atoms with E-state index in [0.717, 1.165) is 16.0 Å².